The van der Waals surface area contributed by atoms with Crippen molar-refractivity contribution >= 4 is 27.8 Å². The van der Waals surface area contributed by atoms with Gasteiger partial charge in [-0.15, -0.1) is 0 Å². The van der Waals surface area contributed by atoms with Crippen LogP contribution in [0.1, 0.15) is 57.6 Å². The van der Waals surface area contributed by atoms with Crippen molar-refractivity contribution in [3.63, 3.8) is 0 Å². The minimum Gasteiger partial charge on any atom is -0.462 e. The van der Waals surface area contributed by atoms with Crippen LogP contribution in [-0.2, 0) is 9.53 Å². The van der Waals surface area contributed by atoms with Crippen LogP contribution in [0.3, 0.4) is 0 Å². The Morgan fingerprint density at radius 2 is 2.11 bits per heavy atom. The zero-order chi connectivity index (χ0) is 20.1. The van der Waals surface area contributed by atoms with Crippen molar-refractivity contribution in [2.45, 2.75) is 52.0 Å². The van der Waals surface area contributed by atoms with E-state index in [0.717, 1.165) is 25.7 Å². The van der Waals surface area contributed by atoms with Gasteiger partial charge in [-0.2, -0.15) is 10.1 Å². The summed E-state index contributed by atoms with van der Waals surface area (Å²) < 4.78 is 22.4. The maximum atomic E-state index is 14.7. The fraction of sp³-hybridized carbons (Fsp3) is 0.450. The molecule has 2 heterocycles. The van der Waals surface area contributed by atoms with Crippen LogP contribution < -0.4 is 5.32 Å². The average Bonchev–Trinajstić information content (AvgIpc) is 3.13. The molecule has 0 saturated heterocycles. The van der Waals surface area contributed by atoms with Crippen molar-refractivity contribution in [3.8, 4) is 0 Å². The molecule has 1 atom stereocenters. The number of fused-ring (bicyclic) bond motifs is 1. The molecule has 1 aliphatic rings. The number of allylic oxidation sites excluding steroid dienone is 1. The second-order valence-electron chi connectivity index (χ2n) is 6.81. The minimum atomic E-state index is -0.746. The zero-order valence-corrected chi connectivity index (χ0v) is 17.6. The van der Waals surface area contributed by atoms with E-state index in [1.165, 1.54) is 23.5 Å². The largest absolute Gasteiger partial charge is 0.462 e. The quantitative estimate of drug-likeness (QED) is 0.453. The number of hydrogen-bond donors (Lipinski definition) is 1. The Morgan fingerprint density at radius 1 is 1.32 bits per heavy atom. The van der Waals surface area contributed by atoms with Crippen LogP contribution in [0, 0.1) is 5.82 Å². The van der Waals surface area contributed by atoms with Crippen LogP contribution >= 0.6 is 15.9 Å². The lowest BCUT2D eigenvalue weighted by Crippen LogP contribution is -2.30. The number of carbonyl (C=O) groups is 1. The first-order chi connectivity index (χ1) is 13.5. The number of carbonyl (C=O) groups excluding carboxylic acids is 1. The molecule has 0 aliphatic carbocycles. The lowest BCUT2D eigenvalue weighted by Gasteiger charge is -2.28. The van der Waals surface area contributed by atoms with Crippen LogP contribution in [0.2, 0.25) is 0 Å². The number of halogens is 2. The molecule has 1 aliphatic heterocycles. The summed E-state index contributed by atoms with van der Waals surface area (Å²) in [5, 5.41) is 7.26. The molecule has 0 bridgehead atoms. The van der Waals surface area contributed by atoms with E-state index in [2.05, 4.69) is 38.3 Å². The number of esters is 1. The summed E-state index contributed by atoms with van der Waals surface area (Å²) >= 11 is 3.38. The van der Waals surface area contributed by atoms with E-state index < -0.39 is 17.8 Å². The first-order valence-corrected chi connectivity index (χ1v) is 10.3. The van der Waals surface area contributed by atoms with Crippen LogP contribution in [-0.4, -0.2) is 27.3 Å². The lowest BCUT2D eigenvalue weighted by atomic mass is 9.95. The van der Waals surface area contributed by atoms with Crippen molar-refractivity contribution in [1.82, 2.24) is 14.8 Å². The van der Waals surface area contributed by atoms with E-state index in [-0.39, 0.29) is 0 Å². The Labute approximate surface area is 172 Å². The van der Waals surface area contributed by atoms with E-state index in [4.69, 9.17) is 4.74 Å². The predicted octanol–water partition coefficient (Wildman–Crippen LogP) is 4.98. The normalized spacial score (nSPS) is 15.9. The van der Waals surface area contributed by atoms with Crippen LogP contribution in [0.25, 0.3) is 0 Å². The first-order valence-electron chi connectivity index (χ1n) is 9.52. The summed E-state index contributed by atoms with van der Waals surface area (Å²) in [6, 6.07) is 3.89. The van der Waals surface area contributed by atoms with E-state index in [1.807, 2.05) is 0 Å². The molecule has 1 aromatic carbocycles. The molecule has 8 heteroatoms. The first kappa shape index (κ1) is 20.5. The number of rotatable bonds is 8. The zero-order valence-electron chi connectivity index (χ0n) is 16.0. The Bertz CT molecular complexity index is 881. The molecule has 6 nitrogen and oxygen atoms in total. The van der Waals surface area contributed by atoms with E-state index in [0.29, 0.717) is 33.9 Å². The highest BCUT2D eigenvalue weighted by atomic mass is 79.9. The Balaban J connectivity index is 1.85. The summed E-state index contributed by atoms with van der Waals surface area (Å²) in [6.07, 6.45) is 6.69. The van der Waals surface area contributed by atoms with Crippen molar-refractivity contribution in [3.05, 3.63) is 51.6 Å². The monoisotopic (exact) mass is 450 g/mol. The maximum absolute atomic E-state index is 14.7. The number of nitrogens with zero attached hydrogens (tertiary/aromatic N) is 3. The van der Waals surface area contributed by atoms with Gasteiger partial charge in [0.15, 0.2) is 0 Å². The number of ether oxygens (including phenoxy) is 1. The SMILES string of the molecule is CCCCCCCOC(=O)C1=C(C)Nc2ncnn2C1c1cc(Br)ccc1F. The maximum Gasteiger partial charge on any atom is 0.338 e. The number of unbranched alkanes of at least 4 members (excludes halogenated alkanes) is 4. The predicted molar refractivity (Wildman–Crippen MR) is 108 cm³/mol. The molecule has 150 valence electrons. The fourth-order valence-electron chi connectivity index (χ4n) is 3.32. The molecule has 1 N–H and O–H groups in total. The third-order valence-electron chi connectivity index (χ3n) is 4.75. The number of benzene rings is 1. The minimum absolute atomic E-state index is 0.330. The van der Waals surface area contributed by atoms with Gasteiger partial charge in [-0.1, -0.05) is 48.5 Å². The number of nitrogens with one attached hydrogen (secondary N) is 1. The topological polar surface area (TPSA) is 69.0 Å². The van der Waals surface area contributed by atoms with Crippen molar-refractivity contribution in [2.75, 3.05) is 11.9 Å². The van der Waals surface area contributed by atoms with Crippen LogP contribution in [0.4, 0.5) is 10.3 Å². The lowest BCUT2D eigenvalue weighted by molar-refractivity contribution is -0.139. The molecular weight excluding hydrogens is 427 g/mol. The van der Waals surface area contributed by atoms with Gasteiger partial charge in [0.05, 0.1) is 12.2 Å². The molecule has 1 unspecified atom stereocenters. The summed E-state index contributed by atoms with van der Waals surface area (Å²) in [5.41, 5.74) is 1.25. The molecule has 0 fully saturated rings. The Morgan fingerprint density at radius 3 is 2.89 bits per heavy atom. The van der Waals surface area contributed by atoms with Crippen LogP contribution in [0.5, 0.6) is 0 Å². The Hall–Kier alpha value is -2.22. The van der Waals surface area contributed by atoms with Crippen molar-refractivity contribution < 1.29 is 13.9 Å². The molecule has 1 aromatic heterocycles. The highest BCUT2D eigenvalue weighted by Gasteiger charge is 2.35. The van der Waals surface area contributed by atoms with Gasteiger partial charge >= 0.3 is 5.97 Å². The highest BCUT2D eigenvalue weighted by molar-refractivity contribution is 9.10. The third kappa shape index (κ3) is 4.43. The molecule has 28 heavy (non-hydrogen) atoms. The average molecular weight is 451 g/mol. The number of hydrogen-bond acceptors (Lipinski definition) is 5. The third-order valence-corrected chi connectivity index (χ3v) is 5.24. The van der Waals surface area contributed by atoms with E-state index in [1.54, 1.807) is 19.1 Å². The smallest absolute Gasteiger partial charge is 0.338 e. The molecular formula is C20H24BrFN4O2. The highest BCUT2D eigenvalue weighted by Crippen LogP contribution is 2.37. The van der Waals surface area contributed by atoms with Gasteiger partial charge in [-0.05, 0) is 31.5 Å². The second kappa shape index (κ2) is 9.32. The summed E-state index contributed by atoms with van der Waals surface area (Å²) in [7, 11) is 0. The van der Waals surface area contributed by atoms with Gasteiger partial charge < -0.3 is 10.1 Å². The molecule has 0 radical (unpaired) electrons. The fourth-order valence-corrected chi connectivity index (χ4v) is 3.69. The van der Waals surface area contributed by atoms with Gasteiger partial charge in [0.2, 0.25) is 5.95 Å². The van der Waals surface area contributed by atoms with E-state index in [9.17, 15) is 9.18 Å². The van der Waals surface area contributed by atoms with Gasteiger partial charge in [0, 0.05) is 15.7 Å². The summed E-state index contributed by atoms with van der Waals surface area (Å²) in [4.78, 5) is 17.0. The second-order valence-corrected chi connectivity index (χ2v) is 7.73. The van der Waals surface area contributed by atoms with Crippen molar-refractivity contribution in [2.24, 2.45) is 0 Å². The van der Waals surface area contributed by atoms with Crippen molar-refractivity contribution in [1.29, 1.82) is 0 Å². The van der Waals surface area contributed by atoms with Gasteiger partial charge in [-0.25, -0.2) is 13.9 Å². The van der Waals surface area contributed by atoms with Crippen LogP contribution in [0.15, 0.2) is 40.3 Å². The summed E-state index contributed by atoms with van der Waals surface area (Å²) in [5.74, 6) is -0.432. The van der Waals surface area contributed by atoms with Gasteiger partial charge in [0.1, 0.15) is 18.2 Å². The van der Waals surface area contributed by atoms with Gasteiger partial charge in [0.25, 0.3) is 0 Å². The van der Waals surface area contributed by atoms with Gasteiger partial charge in [-0.3, -0.25) is 0 Å². The number of aromatic nitrogens is 3. The molecule has 0 spiro atoms. The Kier molecular flexibility index (Phi) is 6.83. The molecule has 2 aromatic rings. The number of anilines is 1. The molecule has 0 saturated carbocycles. The molecule has 3 rings (SSSR count). The standard InChI is InChI=1S/C20H24BrFN4O2/c1-3-4-5-6-7-10-28-19(27)17-13(2)25-20-23-12-24-26(20)18(17)15-11-14(21)8-9-16(15)22/h8-9,11-12,18H,3-7,10H2,1-2H3,(H,23,24,25). The summed E-state index contributed by atoms with van der Waals surface area (Å²) in [6.45, 7) is 4.26. The molecule has 0 amide bonds. The van der Waals surface area contributed by atoms with E-state index >= 15 is 0 Å².